The molecular formula is C5H8ClN3OS. The molecule has 0 bridgehead atoms. The highest BCUT2D eigenvalue weighted by Gasteiger charge is 2.06. The summed E-state index contributed by atoms with van der Waals surface area (Å²) in [6.45, 7) is 0. The molecule has 6 heteroatoms. The average molecular weight is 194 g/mol. The van der Waals surface area contributed by atoms with Crippen LogP contribution in [0.5, 0.6) is 0 Å². The first-order chi connectivity index (χ1) is 5.15. The molecule has 0 aliphatic heterocycles. The first-order valence-electron chi connectivity index (χ1n) is 2.90. The van der Waals surface area contributed by atoms with E-state index < -0.39 is 11.0 Å². The Morgan fingerprint density at radius 2 is 2.55 bits per heavy atom. The van der Waals surface area contributed by atoms with Crippen LogP contribution in [-0.4, -0.2) is 14.0 Å². The number of hydrogen-bond acceptors (Lipinski definition) is 2. The number of nitrogens with two attached hydrogens (primary N) is 1. The minimum atomic E-state index is -1.51. The number of halogens is 1. The van der Waals surface area contributed by atoms with Crippen LogP contribution in [-0.2, 0) is 23.9 Å². The normalized spacial score (nSPS) is 13.4. The molecule has 62 valence electrons. The third-order valence-corrected chi connectivity index (χ3v) is 2.18. The van der Waals surface area contributed by atoms with E-state index in [1.165, 1.54) is 0 Å². The predicted octanol–water partition coefficient (Wildman–Crippen LogP) is 0.140. The van der Waals surface area contributed by atoms with E-state index in [0.717, 1.165) is 5.69 Å². The van der Waals surface area contributed by atoms with Gasteiger partial charge in [0.1, 0.15) is 11.0 Å². The molecule has 1 rings (SSSR count). The van der Waals surface area contributed by atoms with Gasteiger partial charge in [0.15, 0.2) is 5.03 Å². The van der Waals surface area contributed by atoms with Crippen LogP contribution in [0.2, 0.25) is 0 Å². The van der Waals surface area contributed by atoms with Crippen molar-refractivity contribution in [3.63, 3.8) is 0 Å². The number of aromatic nitrogens is 2. The zero-order valence-electron chi connectivity index (χ0n) is 5.95. The van der Waals surface area contributed by atoms with Crippen LogP contribution in [0, 0.1) is 0 Å². The minimum absolute atomic E-state index is 0.348. The average Bonchev–Trinajstić information content (AvgIpc) is 2.31. The van der Waals surface area contributed by atoms with Crippen molar-refractivity contribution in [2.24, 2.45) is 12.2 Å². The fourth-order valence-electron chi connectivity index (χ4n) is 0.700. The van der Waals surface area contributed by atoms with Crippen molar-refractivity contribution in [1.29, 1.82) is 0 Å². The van der Waals surface area contributed by atoms with E-state index in [2.05, 4.69) is 5.10 Å². The summed E-state index contributed by atoms with van der Waals surface area (Å²) >= 11 is 5.55. The molecule has 11 heavy (non-hydrogen) atoms. The van der Waals surface area contributed by atoms with Crippen molar-refractivity contribution in [2.75, 3.05) is 0 Å². The lowest BCUT2D eigenvalue weighted by Crippen LogP contribution is -2.04. The summed E-state index contributed by atoms with van der Waals surface area (Å²) in [7, 11) is 0.220. The van der Waals surface area contributed by atoms with E-state index in [0.29, 0.717) is 10.9 Å². The van der Waals surface area contributed by atoms with Gasteiger partial charge in [-0.05, 0) is 6.07 Å². The van der Waals surface area contributed by atoms with Crippen molar-refractivity contribution in [2.45, 2.75) is 10.9 Å². The third kappa shape index (κ3) is 1.79. The molecule has 1 unspecified atom stereocenters. The third-order valence-electron chi connectivity index (χ3n) is 1.30. The Morgan fingerprint density at radius 3 is 2.82 bits per heavy atom. The Kier molecular flexibility index (Phi) is 2.64. The monoisotopic (exact) mass is 193 g/mol. The molecule has 0 aromatic carbocycles. The van der Waals surface area contributed by atoms with Gasteiger partial charge in [0.2, 0.25) is 0 Å². The van der Waals surface area contributed by atoms with Crippen LogP contribution in [0.1, 0.15) is 5.69 Å². The lowest BCUT2D eigenvalue weighted by Gasteiger charge is -1.91. The van der Waals surface area contributed by atoms with Gasteiger partial charge in [-0.25, -0.2) is 9.35 Å². The van der Waals surface area contributed by atoms with Gasteiger partial charge in [-0.1, -0.05) is 0 Å². The van der Waals surface area contributed by atoms with Gasteiger partial charge >= 0.3 is 0 Å². The minimum Gasteiger partial charge on any atom is -0.270 e. The molecule has 0 amide bonds. The quantitative estimate of drug-likeness (QED) is 0.680. The largest absolute Gasteiger partial charge is 0.270 e. The smallest absolute Gasteiger partial charge is 0.164 e. The van der Waals surface area contributed by atoms with Crippen LogP contribution in [0.4, 0.5) is 0 Å². The fourth-order valence-corrected chi connectivity index (χ4v) is 1.41. The second kappa shape index (κ2) is 3.34. The summed E-state index contributed by atoms with van der Waals surface area (Å²) in [6.07, 6.45) is 0. The van der Waals surface area contributed by atoms with Gasteiger partial charge < -0.3 is 0 Å². The standard InChI is InChI=1S/C5H8ClN3OS/c1-9-4(3-6)2-5(8-9)11(7)10/h2H,3,7H2,1H3. The van der Waals surface area contributed by atoms with Crippen LogP contribution in [0.25, 0.3) is 0 Å². The number of alkyl halides is 1. The van der Waals surface area contributed by atoms with E-state index in [1.54, 1.807) is 17.8 Å². The van der Waals surface area contributed by atoms with E-state index in [-0.39, 0.29) is 0 Å². The molecule has 0 saturated carbocycles. The summed E-state index contributed by atoms with van der Waals surface area (Å²) in [6, 6.07) is 1.63. The molecule has 0 spiro atoms. The van der Waals surface area contributed by atoms with Crippen LogP contribution in [0.15, 0.2) is 11.1 Å². The highest BCUT2D eigenvalue weighted by molar-refractivity contribution is 7.82. The molecule has 1 aromatic rings. The second-order valence-electron chi connectivity index (χ2n) is 2.03. The predicted molar refractivity (Wildman–Crippen MR) is 43.4 cm³/mol. The highest BCUT2D eigenvalue weighted by atomic mass is 35.5. The second-order valence-corrected chi connectivity index (χ2v) is 3.31. The summed E-state index contributed by atoms with van der Waals surface area (Å²) < 4.78 is 12.3. The maximum absolute atomic E-state index is 10.7. The lowest BCUT2D eigenvalue weighted by molar-refractivity contribution is 0.670. The molecule has 1 heterocycles. The molecule has 4 nitrogen and oxygen atoms in total. The number of rotatable bonds is 2. The molecule has 0 aliphatic rings. The maximum Gasteiger partial charge on any atom is 0.164 e. The molecule has 0 saturated heterocycles. The van der Waals surface area contributed by atoms with Crippen LogP contribution < -0.4 is 5.14 Å². The maximum atomic E-state index is 10.7. The van der Waals surface area contributed by atoms with E-state index in [9.17, 15) is 4.21 Å². The Labute approximate surface area is 71.9 Å². The molecule has 1 atom stereocenters. The summed E-state index contributed by atoms with van der Waals surface area (Å²) in [4.78, 5) is 0. The van der Waals surface area contributed by atoms with Gasteiger partial charge in [-0.15, -0.1) is 11.6 Å². The molecule has 0 fully saturated rings. The Hall–Kier alpha value is -0.390. The molecule has 0 radical (unpaired) electrons. The van der Waals surface area contributed by atoms with E-state index >= 15 is 0 Å². The molecule has 0 aliphatic carbocycles. The van der Waals surface area contributed by atoms with E-state index in [4.69, 9.17) is 16.7 Å². The van der Waals surface area contributed by atoms with Crippen molar-refractivity contribution < 1.29 is 4.21 Å². The first kappa shape index (κ1) is 8.70. The number of nitrogens with zero attached hydrogens (tertiary/aromatic N) is 2. The van der Waals surface area contributed by atoms with Crippen molar-refractivity contribution in [3.8, 4) is 0 Å². The topological polar surface area (TPSA) is 60.9 Å². The number of aryl methyl sites for hydroxylation is 1. The van der Waals surface area contributed by atoms with Crippen molar-refractivity contribution >= 4 is 22.6 Å². The Morgan fingerprint density at radius 1 is 1.91 bits per heavy atom. The van der Waals surface area contributed by atoms with Crippen LogP contribution >= 0.6 is 11.6 Å². The van der Waals surface area contributed by atoms with Gasteiger partial charge in [-0.2, -0.15) is 5.10 Å². The highest BCUT2D eigenvalue weighted by Crippen LogP contribution is 2.07. The lowest BCUT2D eigenvalue weighted by atomic mass is 10.5. The summed E-state index contributed by atoms with van der Waals surface area (Å²) in [5.74, 6) is 0.348. The van der Waals surface area contributed by atoms with Crippen LogP contribution in [0.3, 0.4) is 0 Å². The zero-order valence-corrected chi connectivity index (χ0v) is 7.52. The van der Waals surface area contributed by atoms with Crippen molar-refractivity contribution in [3.05, 3.63) is 11.8 Å². The molecule has 2 N–H and O–H groups in total. The Balaban J connectivity index is 3.05. The fraction of sp³-hybridized carbons (Fsp3) is 0.400. The van der Waals surface area contributed by atoms with Gasteiger partial charge in [0.25, 0.3) is 0 Å². The Bertz CT molecular complexity index is 285. The van der Waals surface area contributed by atoms with Gasteiger partial charge in [-0.3, -0.25) is 4.68 Å². The summed E-state index contributed by atoms with van der Waals surface area (Å²) in [5, 5.41) is 9.36. The van der Waals surface area contributed by atoms with Gasteiger partial charge in [0.05, 0.1) is 11.6 Å². The SMILES string of the molecule is Cn1nc(S(N)=O)cc1CCl. The van der Waals surface area contributed by atoms with Gasteiger partial charge in [0, 0.05) is 7.05 Å². The zero-order chi connectivity index (χ0) is 8.43. The van der Waals surface area contributed by atoms with E-state index in [1.807, 2.05) is 0 Å². The molecule has 1 aromatic heterocycles. The van der Waals surface area contributed by atoms with Crippen molar-refractivity contribution in [1.82, 2.24) is 9.78 Å². The molecular weight excluding hydrogens is 186 g/mol. The first-order valence-corrected chi connectivity index (χ1v) is 4.65. The number of hydrogen-bond donors (Lipinski definition) is 1. The summed E-state index contributed by atoms with van der Waals surface area (Å²) in [5.41, 5.74) is 0.806.